The molecule has 21 heavy (non-hydrogen) atoms. The molecule has 112 valence electrons. The molecule has 2 N–H and O–H groups in total. The molecule has 0 amide bonds. The number of carbonyl (C=O) groups is 1. The number of hydrogen-bond donors (Lipinski definition) is 2. The zero-order valence-electron chi connectivity index (χ0n) is 11.8. The molecule has 8 heteroatoms. The lowest BCUT2D eigenvalue weighted by Gasteiger charge is -2.16. The second-order valence-electron chi connectivity index (χ2n) is 5.59. The maximum Gasteiger partial charge on any atom is 0.371 e. The molecule has 0 aliphatic rings. The van der Waals surface area contributed by atoms with Gasteiger partial charge in [0.05, 0.1) is 0 Å². The first-order chi connectivity index (χ1) is 9.68. The van der Waals surface area contributed by atoms with Gasteiger partial charge in [0.15, 0.2) is 0 Å². The molecule has 0 radical (unpaired) electrons. The Morgan fingerprint density at radius 2 is 2.05 bits per heavy atom. The van der Waals surface area contributed by atoms with E-state index in [4.69, 9.17) is 9.52 Å². The molecule has 0 spiro atoms. The summed E-state index contributed by atoms with van der Waals surface area (Å²) in [7, 11) is 0. The van der Waals surface area contributed by atoms with Gasteiger partial charge in [0.1, 0.15) is 18.0 Å². The molecule has 0 atom stereocenters. The van der Waals surface area contributed by atoms with Crippen LogP contribution in [0.4, 0.5) is 0 Å². The predicted octanol–water partition coefficient (Wildman–Crippen LogP) is 0.569. The summed E-state index contributed by atoms with van der Waals surface area (Å²) in [6.45, 7) is 5.34. The highest BCUT2D eigenvalue weighted by Gasteiger charge is 2.21. The van der Waals surface area contributed by atoms with Gasteiger partial charge in [0.25, 0.3) is 5.56 Å². The number of carboxylic acids is 1. The highest BCUT2D eigenvalue weighted by atomic mass is 16.4. The summed E-state index contributed by atoms with van der Waals surface area (Å²) in [6, 6.07) is 2.73. The lowest BCUT2D eigenvalue weighted by molar-refractivity contribution is 0.0660. The average molecular weight is 293 g/mol. The largest absolute Gasteiger partial charge is 0.475 e. The third-order valence-corrected chi connectivity index (χ3v) is 2.78. The normalized spacial score (nSPS) is 11.6. The molecular weight excluding hydrogens is 278 g/mol. The molecular formula is C13H15N3O5. The van der Waals surface area contributed by atoms with Gasteiger partial charge in [-0.3, -0.25) is 9.78 Å². The number of H-pyrrole nitrogens is 1. The molecule has 0 unspecified atom stereocenters. The van der Waals surface area contributed by atoms with E-state index in [1.54, 1.807) is 20.8 Å². The van der Waals surface area contributed by atoms with Gasteiger partial charge in [0, 0.05) is 5.41 Å². The standard InChI is InChI=1S/C13H15N3O5/c1-13(2,3)9-10(17)14-12(20)16(15-9)6-7-4-5-8(21-7)11(18)19/h4-5H,6H2,1-3H3,(H,18,19)(H,14,17,20). The Balaban J connectivity index is 2.42. The zero-order chi connectivity index (χ0) is 15.8. The Bertz CT molecular complexity index is 791. The molecule has 0 fully saturated rings. The molecule has 0 aliphatic heterocycles. The summed E-state index contributed by atoms with van der Waals surface area (Å²) in [6.07, 6.45) is 0. The summed E-state index contributed by atoms with van der Waals surface area (Å²) in [5.41, 5.74) is -1.53. The van der Waals surface area contributed by atoms with Crippen LogP contribution in [-0.4, -0.2) is 25.8 Å². The SMILES string of the molecule is CC(C)(C)c1nn(Cc2ccc(C(=O)O)o2)c(=O)[nH]c1=O. The van der Waals surface area contributed by atoms with E-state index in [2.05, 4.69) is 10.1 Å². The number of aromatic carboxylic acids is 1. The molecule has 2 aromatic heterocycles. The van der Waals surface area contributed by atoms with Gasteiger partial charge in [-0.2, -0.15) is 5.10 Å². The van der Waals surface area contributed by atoms with Gasteiger partial charge >= 0.3 is 11.7 Å². The molecule has 2 heterocycles. The number of hydrogen-bond acceptors (Lipinski definition) is 5. The van der Waals surface area contributed by atoms with Crippen molar-refractivity contribution in [1.29, 1.82) is 0 Å². The van der Waals surface area contributed by atoms with Crippen molar-refractivity contribution in [2.75, 3.05) is 0 Å². The van der Waals surface area contributed by atoms with Gasteiger partial charge in [-0.1, -0.05) is 20.8 Å². The van der Waals surface area contributed by atoms with E-state index in [1.165, 1.54) is 12.1 Å². The van der Waals surface area contributed by atoms with Crippen molar-refractivity contribution in [3.63, 3.8) is 0 Å². The summed E-state index contributed by atoms with van der Waals surface area (Å²) in [5, 5.41) is 12.8. The third kappa shape index (κ3) is 3.10. The minimum absolute atomic E-state index is 0.0635. The van der Waals surface area contributed by atoms with Gasteiger partial charge in [0.2, 0.25) is 5.76 Å². The van der Waals surface area contributed by atoms with E-state index >= 15 is 0 Å². The van der Waals surface area contributed by atoms with Crippen molar-refractivity contribution in [1.82, 2.24) is 14.8 Å². The lowest BCUT2D eigenvalue weighted by Crippen LogP contribution is -2.39. The summed E-state index contributed by atoms with van der Waals surface area (Å²) >= 11 is 0. The van der Waals surface area contributed by atoms with Gasteiger partial charge in [-0.05, 0) is 12.1 Å². The number of furan rings is 1. The van der Waals surface area contributed by atoms with E-state index in [1.807, 2.05) is 0 Å². The van der Waals surface area contributed by atoms with Crippen molar-refractivity contribution in [2.24, 2.45) is 0 Å². The zero-order valence-corrected chi connectivity index (χ0v) is 11.8. The smallest absolute Gasteiger partial charge is 0.371 e. The topological polar surface area (TPSA) is 118 Å². The fourth-order valence-electron chi connectivity index (χ4n) is 1.76. The minimum atomic E-state index is -1.20. The molecule has 8 nitrogen and oxygen atoms in total. The number of nitrogens with zero attached hydrogens (tertiary/aromatic N) is 2. The fraction of sp³-hybridized carbons (Fsp3) is 0.385. The third-order valence-electron chi connectivity index (χ3n) is 2.78. The molecule has 2 rings (SSSR count). The Hall–Kier alpha value is -2.64. The van der Waals surface area contributed by atoms with Crippen molar-refractivity contribution >= 4 is 5.97 Å². The average Bonchev–Trinajstić information content (AvgIpc) is 2.79. The first-order valence-corrected chi connectivity index (χ1v) is 6.22. The second kappa shape index (κ2) is 5.04. The van der Waals surface area contributed by atoms with E-state index in [-0.39, 0.29) is 23.8 Å². The molecule has 2 aromatic rings. The van der Waals surface area contributed by atoms with E-state index < -0.39 is 22.6 Å². The van der Waals surface area contributed by atoms with Crippen LogP contribution >= 0.6 is 0 Å². The van der Waals surface area contributed by atoms with Crippen LogP contribution in [-0.2, 0) is 12.0 Å². The summed E-state index contributed by atoms with van der Waals surface area (Å²) < 4.78 is 6.10. The second-order valence-corrected chi connectivity index (χ2v) is 5.59. The molecule has 0 saturated carbocycles. The van der Waals surface area contributed by atoms with Gasteiger partial charge in [-0.25, -0.2) is 14.3 Å². The Kier molecular flexibility index (Phi) is 3.54. The van der Waals surface area contributed by atoms with Crippen LogP contribution in [0.5, 0.6) is 0 Å². The van der Waals surface area contributed by atoms with E-state index in [0.29, 0.717) is 0 Å². The van der Waals surface area contributed by atoms with Crippen molar-refractivity contribution in [2.45, 2.75) is 32.7 Å². The number of aromatic nitrogens is 3. The Labute approximate surface area is 119 Å². The van der Waals surface area contributed by atoms with E-state index in [0.717, 1.165) is 4.68 Å². The molecule has 0 saturated heterocycles. The predicted molar refractivity (Wildman–Crippen MR) is 72.6 cm³/mol. The van der Waals surface area contributed by atoms with Crippen LogP contribution in [0.2, 0.25) is 0 Å². The number of carboxylic acid groups (broad SMARTS) is 1. The van der Waals surface area contributed by atoms with Crippen LogP contribution < -0.4 is 11.2 Å². The minimum Gasteiger partial charge on any atom is -0.475 e. The lowest BCUT2D eigenvalue weighted by atomic mass is 9.93. The number of aromatic amines is 1. The highest BCUT2D eigenvalue weighted by molar-refractivity contribution is 5.84. The molecule has 0 aromatic carbocycles. The quantitative estimate of drug-likeness (QED) is 0.854. The Morgan fingerprint density at radius 3 is 2.57 bits per heavy atom. The Morgan fingerprint density at radius 1 is 1.38 bits per heavy atom. The summed E-state index contributed by atoms with van der Waals surface area (Å²) in [4.78, 5) is 36.4. The van der Waals surface area contributed by atoms with Crippen LogP contribution in [0.25, 0.3) is 0 Å². The van der Waals surface area contributed by atoms with Gasteiger partial charge in [-0.15, -0.1) is 0 Å². The molecule has 0 bridgehead atoms. The number of nitrogens with one attached hydrogen (secondary N) is 1. The van der Waals surface area contributed by atoms with Crippen molar-refractivity contribution in [3.05, 3.63) is 50.2 Å². The highest BCUT2D eigenvalue weighted by Crippen LogP contribution is 2.15. The monoisotopic (exact) mass is 293 g/mol. The van der Waals surface area contributed by atoms with Gasteiger partial charge < -0.3 is 9.52 Å². The van der Waals surface area contributed by atoms with E-state index in [9.17, 15) is 14.4 Å². The van der Waals surface area contributed by atoms with Crippen LogP contribution in [0.15, 0.2) is 26.1 Å². The van der Waals surface area contributed by atoms with Crippen LogP contribution in [0.3, 0.4) is 0 Å². The first-order valence-electron chi connectivity index (χ1n) is 6.22. The fourth-order valence-corrected chi connectivity index (χ4v) is 1.76. The van der Waals surface area contributed by atoms with Crippen LogP contribution in [0.1, 0.15) is 42.8 Å². The number of rotatable bonds is 3. The maximum absolute atomic E-state index is 11.8. The first kappa shape index (κ1) is 14.8. The summed E-state index contributed by atoms with van der Waals surface area (Å²) in [5.74, 6) is -1.16. The molecule has 0 aliphatic carbocycles. The van der Waals surface area contributed by atoms with Crippen molar-refractivity contribution in [3.8, 4) is 0 Å². The maximum atomic E-state index is 11.8. The van der Waals surface area contributed by atoms with Crippen LogP contribution in [0, 0.1) is 0 Å². The van der Waals surface area contributed by atoms with Crippen molar-refractivity contribution < 1.29 is 14.3 Å².